The molecule has 0 aromatic heterocycles. The first-order valence-electron chi connectivity index (χ1n) is 7.20. The monoisotopic (exact) mass is 344 g/mol. The van der Waals surface area contributed by atoms with Gasteiger partial charge in [-0.2, -0.15) is 0 Å². The summed E-state index contributed by atoms with van der Waals surface area (Å²) < 4.78 is 5.72. The second-order valence-corrected chi connectivity index (χ2v) is 6.68. The molecule has 22 heavy (non-hydrogen) atoms. The lowest BCUT2D eigenvalue weighted by atomic mass is 10.1. The first-order chi connectivity index (χ1) is 10.5. The molecule has 0 spiro atoms. The Balaban J connectivity index is 1.74. The zero-order valence-electron chi connectivity index (χ0n) is 12.2. The van der Waals surface area contributed by atoms with Gasteiger partial charge >= 0.3 is 0 Å². The van der Waals surface area contributed by atoms with E-state index in [2.05, 4.69) is 4.90 Å². The molecule has 2 fully saturated rings. The van der Waals surface area contributed by atoms with E-state index in [0.29, 0.717) is 35.3 Å². The van der Waals surface area contributed by atoms with Crippen LogP contribution in [0.2, 0.25) is 10.0 Å². The van der Waals surface area contributed by atoms with Gasteiger partial charge in [0.1, 0.15) is 0 Å². The van der Waals surface area contributed by atoms with Crippen LogP contribution in [0, 0.1) is 0 Å². The number of amides is 1. The summed E-state index contributed by atoms with van der Waals surface area (Å²) in [5.74, 6) is -0.343. The molecule has 2 aliphatic rings. The Bertz CT molecular complexity index is 564. The molecular weight excluding hydrogens is 327 g/mol. The Morgan fingerprint density at radius 3 is 2.64 bits per heavy atom. The molecule has 1 N–H and O–H groups in total. The number of aliphatic hydroxyl groups excluding tert-OH is 1. The maximum atomic E-state index is 12.5. The van der Waals surface area contributed by atoms with Gasteiger partial charge in [0.25, 0.3) is 5.91 Å². The van der Waals surface area contributed by atoms with E-state index in [1.807, 2.05) is 7.05 Å². The van der Waals surface area contributed by atoms with Crippen LogP contribution in [-0.4, -0.2) is 66.2 Å². The summed E-state index contributed by atoms with van der Waals surface area (Å²) in [5, 5.41) is 11.1. The normalized spacial score (nSPS) is 26.8. The Kier molecular flexibility index (Phi) is 4.61. The van der Waals surface area contributed by atoms with Crippen LogP contribution in [0.3, 0.4) is 0 Å². The maximum Gasteiger partial charge on any atom is 0.256 e. The third-order valence-electron chi connectivity index (χ3n) is 4.33. The first kappa shape index (κ1) is 16.0. The minimum atomic E-state index is -1.26. The van der Waals surface area contributed by atoms with Crippen LogP contribution in [0.25, 0.3) is 0 Å². The second-order valence-electron chi connectivity index (χ2n) is 5.81. The molecule has 2 saturated heterocycles. The number of fused-ring (bicyclic) bond motifs is 1. The summed E-state index contributed by atoms with van der Waals surface area (Å²) in [6.45, 7) is 2.59. The van der Waals surface area contributed by atoms with Gasteiger partial charge in [-0.25, -0.2) is 0 Å². The lowest BCUT2D eigenvalue weighted by Crippen LogP contribution is -2.48. The summed E-state index contributed by atoms with van der Waals surface area (Å²) >= 11 is 11.9. The predicted molar refractivity (Wildman–Crippen MR) is 84.2 cm³/mol. The third-order valence-corrected chi connectivity index (χ3v) is 4.76. The number of hydrogen-bond acceptors (Lipinski definition) is 4. The molecule has 1 aromatic carbocycles. The number of halogens is 2. The van der Waals surface area contributed by atoms with Crippen molar-refractivity contribution in [1.82, 2.24) is 9.80 Å². The van der Waals surface area contributed by atoms with Gasteiger partial charge < -0.3 is 14.7 Å². The average molecular weight is 345 g/mol. The molecule has 3 rings (SSSR count). The number of carbonyl (C=O) groups excluding carboxylic acids is 1. The molecule has 120 valence electrons. The highest BCUT2D eigenvalue weighted by Gasteiger charge is 2.41. The maximum absolute atomic E-state index is 12.5. The highest BCUT2D eigenvalue weighted by molar-refractivity contribution is 6.34. The molecule has 1 aromatic rings. The Hall–Kier alpha value is -0.850. The van der Waals surface area contributed by atoms with Crippen molar-refractivity contribution in [3.8, 4) is 0 Å². The van der Waals surface area contributed by atoms with E-state index in [1.165, 1.54) is 0 Å². The van der Waals surface area contributed by atoms with E-state index in [1.54, 1.807) is 23.1 Å². The number of likely N-dealkylation sites (N-methyl/N-ethyl adjacent to an activating group) is 1. The van der Waals surface area contributed by atoms with Gasteiger partial charge in [0.05, 0.1) is 18.8 Å². The SMILES string of the molecule is CN1CCO[C@@H]2CN(C(=O)[C@H](O)c3cc(Cl)cc(Cl)c3)C[C@H]21. The quantitative estimate of drug-likeness (QED) is 0.884. The fraction of sp³-hybridized carbons (Fsp3) is 0.533. The van der Waals surface area contributed by atoms with E-state index in [-0.39, 0.29) is 18.1 Å². The van der Waals surface area contributed by atoms with Crippen molar-refractivity contribution in [2.45, 2.75) is 18.2 Å². The molecule has 1 amide bonds. The number of nitrogens with zero attached hydrogens (tertiary/aromatic N) is 2. The lowest BCUT2D eigenvalue weighted by molar-refractivity contribution is -0.139. The number of morpholine rings is 1. The van der Waals surface area contributed by atoms with Crippen LogP contribution in [0.1, 0.15) is 11.7 Å². The summed E-state index contributed by atoms with van der Waals surface area (Å²) in [7, 11) is 2.03. The number of rotatable bonds is 2. The summed E-state index contributed by atoms with van der Waals surface area (Å²) in [5.41, 5.74) is 0.409. The number of ether oxygens (including phenoxy) is 1. The van der Waals surface area contributed by atoms with Crippen LogP contribution in [0.15, 0.2) is 18.2 Å². The van der Waals surface area contributed by atoms with Crippen molar-refractivity contribution in [1.29, 1.82) is 0 Å². The van der Waals surface area contributed by atoms with Crippen molar-refractivity contribution < 1.29 is 14.6 Å². The van der Waals surface area contributed by atoms with Crippen molar-refractivity contribution in [2.75, 3.05) is 33.3 Å². The first-order valence-corrected chi connectivity index (χ1v) is 7.96. The Morgan fingerprint density at radius 1 is 1.32 bits per heavy atom. The van der Waals surface area contributed by atoms with Crippen LogP contribution < -0.4 is 0 Å². The number of benzene rings is 1. The molecular formula is C15H18Cl2N2O3. The summed E-state index contributed by atoms with van der Waals surface area (Å²) in [6.07, 6.45) is -1.25. The van der Waals surface area contributed by atoms with Gasteiger partial charge in [-0.05, 0) is 30.8 Å². The summed E-state index contributed by atoms with van der Waals surface area (Å²) in [4.78, 5) is 16.4. The molecule has 5 nitrogen and oxygen atoms in total. The molecule has 2 heterocycles. The smallest absolute Gasteiger partial charge is 0.256 e. The highest BCUT2D eigenvalue weighted by Crippen LogP contribution is 2.28. The largest absolute Gasteiger partial charge is 0.378 e. The lowest BCUT2D eigenvalue weighted by Gasteiger charge is -2.33. The zero-order chi connectivity index (χ0) is 15.9. The van der Waals surface area contributed by atoms with Crippen LogP contribution in [0.4, 0.5) is 0 Å². The Morgan fingerprint density at radius 2 is 2.00 bits per heavy atom. The van der Waals surface area contributed by atoms with Crippen LogP contribution in [0.5, 0.6) is 0 Å². The van der Waals surface area contributed by atoms with Crippen LogP contribution in [-0.2, 0) is 9.53 Å². The minimum absolute atomic E-state index is 0.0119. The molecule has 3 atom stereocenters. The van der Waals surface area contributed by atoms with E-state index in [4.69, 9.17) is 27.9 Å². The van der Waals surface area contributed by atoms with Gasteiger partial charge in [-0.1, -0.05) is 23.2 Å². The topological polar surface area (TPSA) is 53.0 Å². The Labute approximate surface area is 139 Å². The molecule has 0 aliphatic carbocycles. The highest BCUT2D eigenvalue weighted by atomic mass is 35.5. The van der Waals surface area contributed by atoms with Gasteiger partial charge in [0.15, 0.2) is 6.10 Å². The van der Waals surface area contributed by atoms with Gasteiger partial charge in [0.2, 0.25) is 0 Å². The van der Waals surface area contributed by atoms with E-state index in [0.717, 1.165) is 6.54 Å². The number of hydrogen-bond donors (Lipinski definition) is 1. The molecule has 0 unspecified atom stereocenters. The number of aliphatic hydroxyl groups is 1. The van der Waals surface area contributed by atoms with Crippen molar-refractivity contribution in [3.63, 3.8) is 0 Å². The fourth-order valence-corrected chi connectivity index (χ4v) is 3.63. The summed E-state index contributed by atoms with van der Waals surface area (Å²) in [6, 6.07) is 4.87. The molecule has 0 bridgehead atoms. The number of carbonyl (C=O) groups is 1. The van der Waals surface area contributed by atoms with Gasteiger partial charge in [-0.3, -0.25) is 9.69 Å². The van der Waals surface area contributed by atoms with Crippen molar-refractivity contribution in [3.05, 3.63) is 33.8 Å². The predicted octanol–water partition coefficient (Wildman–Crippen LogP) is 1.57. The van der Waals surface area contributed by atoms with E-state index >= 15 is 0 Å². The average Bonchev–Trinajstić information content (AvgIpc) is 2.90. The van der Waals surface area contributed by atoms with Gasteiger partial charge in [0, 0.05) is 29.7 Å². The zero-order valence-corrected chi connectivity index (χ0v) is 13.7. The molecule has 0 radical (unpaired) electrons. The van der Waals surface area contributed by atoms with E-state index < -0.39 is 6.10 Å². The van der Waals surface area contributed by atoms with Crippen molar-refractivity contribution in [2.24, 2.45) is 0 Å². The number of likely N-dealkylation sites (tertiary alicyclic amines) is 1. The molecule has 7 heteroatoms. The third kappa shape index (κ3) is 3.09. The fourth-order valence-electron chi connectivity index (χ4n) is 3.09. The minimum Gasteiger partial charge on any atom is -0.378 e. The standard InChI is InChI=1S/C15H18Cl2N2O3/c1-18-2-3-22-13-8-19(7-12(13)18)15(21)14(20)9-4-10(16)6-11(17)5-9/h4-6,12-14,20H,2-3,7-8H2,1H3/t12-,13-,14-/m1/s1. The molecule has 2 aliphatic heterocycles. The molecule has 0 saturated carbocycles. The van der Waals surface area contributed by atoms with Gasteiger partial charge in [-0.15, -0.1) is 0 Å². The van der Waals surface area contributed by atoms with Crippen molar-refractivity contribution >= 4 is 29.1 Å². The second kappa shape index (κ2) is 6.34. The van der Waals surface area contributed by atoms with Crippen LogP contribution >= 0.6 is 23.2 Å². The van der Waals surface area contributed by atoms with E-state index in [9.17, 15) is 9.90 Å².